The summed E-state index contributed by atoms with van der Waals surface area (Å²) in [6.45, 7) is -1.65. The van der Waals surface area contributed by atoms with E-state index < -0.39 is 268 Å². The van der Waals surface area contributed by atoms with Gasteiger partial charge in [-0.25, -0.2) is 24.0 Å². The molecule has 9 unspecified atom stereocenters. The van der Waals surface area contributed by atoms with E-state index in [9.17, 15) is 107 Å². The van der Waals surface area contributed by atoms with E-state index in [1.165, 1.54) is 0 Å². The lowest BCUT2D eigenvalue weighted by atomic mass is 9.64. The fourth-order valence-corrected chi connectivity index (χ4v) is 11.8. The summed E-state index contributed by atoms with van der Waals surface area (Å²) in [5, 5.41) is 212. The van der Waals surface area contributed by atoms with Gasteiger partial charge in [0.1, 0.15) is 30.0 Å². The lowest BCUT2D eigenvalue weighted by Crippen LogP contribution is -2.69. The standard InChI is InChI=1S/C56H40O32/c57-18-2-1-12(3-20(18)59)43-27(66)6-14-19(58)10-21(60)32(44(14)84-43)33-34-35-36-31-17(9-26(65)40(70)46(31)88-56(36,81)55(79,80)49(34)73)53(77)87-48(47(33)86-54(35)78)45-28(83-50(74)13-4-22(61)37(67)23(62)5-13)11-82-51(75)15-7-24(63)38(68)41(71)29(15)30-16(52(76)85-45)8-25(64)39(69)42(30)72/h1-5,7-10,27-28,33,36,43,45,47-48,57-72,79-81H,6,11H2. The Morgan fingerprint density at radius 3 is 1.68 bits per heavy atom. The van der Waals surface area contributed by atoms with Crippen LogP contribution in [-0.4, -0.2) is 181 Å². The summed E-state index contributed by atoms with van der Waals surface area (Å²) in [6, 6.07) is 5.52. The van der Waals surface area contributed by atoms with Gasteiger partial charge in [-0.15, -0.1) is 0 Å². The molecule has 6 aromatic carbocycles. The molecule has 7 aliphatic rings. The van der Waals surface area contributed by atoms with Gasteiger partial charge in [-0.3, -0.25) is 4.79 Å². The number of phenols is 15. The molecule has 6 aromatic rings. The number of benzene rings is 6. The van der Waals surface area contributed by atoms with Crippen molar-refractivity contribution in [2.75, 3.05) is 6.61 Å². The van der Waals surface area contributed by atoms with Crippen molar-refractivity contribution in [2.24, 2.45) is 0 Å². The number of esters is 5. The Morgan fingerprint density at radius 1 is 0.500 bits per heavy atom. The van der Waals surface area contributed by atoms with Gasteiger partial charge in [0.2, 0.25) is 23.0 Å². The minimum Gasteiger partial charge on any atom is -0.507 e. The molecule has 0 saturated heterocycles. The van der Waals surface area contributed by atoms with Gasteiger partial charge >= 0.3 is 29.8 Å². The van der Waals surface area contributed by atoms with Crippen LogP contribution in [0.5, 0.6) is 97.7 Å². The fraction of sp³-hybridized carbons (Fsp3) is 0.214. The van der Waals surface area contributed by atoms with Crippen LogP contribution in [0, 0.1) is 0 Å². The third-order valence-electron chi connectivity index (χ3n) is 15.8. The molecule has 88 heavy (non-hydrogen) atoms. The van der Waals surface area contributed by atoms with Crippen molar-refractivity contribution in [1.29, 1.82) is 0 Å². The van der Waals surface area contributed by atoms with Crippen molar-refractivity contribution in [3.05, 3.63) is 110 Å². The quantitative estimate of drug-likeness (QED) is 0.0485. The summed E-state index contributed by atoms with van der Waals surface area (Å²) in [5.41, 5.74) is -12.2. The second-order valence-corrected chi connectivity index (χ2v) is 20.8. The first kappa shape index (κ1) is 57.0. The maximum atomic E-state index is 15.4. The molecule has 32 heteroatoms. The highest BCUT2D eigenvalue weighted by atomic mass is 16.7. The van der Waals surface area contributed by atoms with Crippen LogP contribution in [0.25, 0.3) is 11.1 Å². The molecule has 4 bridgehead atoms. The van der Waals surface area contributed by atoms with E-state index in [4.69, 9.17) is 33.2 Å². The summed E-state index contributed by atoms with van der Waals surface area (Å²) in [6.07, 6.45) is -16.0. The largest absolute Gasteiger partial charge is 0.507 e. The summed E-state index contributed by atoms with van der Waals surface area (Å²) < 4.78 is 41.1. The Kier molecular flexibility index (Phi) is 12.5. The van der Waals surface area contributed by atoms with E-state index in [1.54, 1.807) is 0 Å². The average Bonchev–Trinajstić information content (AvgIpc) is 1.38. The molecule has 456 valence electrons. The van der Waals surface area contributed by atoms with Crippen LogP contribution in [0.2, 0.25) is 0 Å². The average molecular weight is 1220 g/mol. The third-order valence-corrected chi connectivity index (χ3v) is 15.8. The summed E-state index contributed by atoms with van der Waals surface area (Å²) >= 11 is 0. The zero-order valence-electron chi connectivity index (χ0n) is 43.5. The number of carbonyl (C=O) groups is 6. The minimum atomic E-state index is -4.44. The zero-order valence-corrected chi connectivity index (χ0v) is 43.5. The Morgan fingerprint density at radius 2 is 1.06 bits per heavy atom. The molecule has 0 spiro atoms. The number of cyclic esters (lactones) is 2. The predicted molar refractivity (Wildman–Crippen MR) is 274 cm³/mol. The number of Topliss-reactive ketones (excluding diaryl/α,β-unsaturated/α-hetero) is 1. The molecule has 32 nitrogen and oxygen atoms in total. The van der Waals surface area contributed by atoms with Crippen molar-refractivity contribution in [3.63, 3.8) is 0 Å². The maximum Gasteiger partial charge on any atom is 0.339 e. The topological polar surface area (TPSA) is 551 Å². The molecule has 13 rings (SSSR count). The second kappa shape index (κ2) is 19.3. The van der Waals surface area contributed by atoms with Crippen LogP contribution in [0.3, 0.4) is 0 Å². The van der Waals surface area contributed by atoms with E-state index >= 15 is 19.2 Å². The summed E-state index contributed by atoms with van der Waals surface area (Å²) in [5.74, 6) is -46.4. The number of phenolic OH excluding ortho intramolecular Hbond substituents is 15. The lowest BCUT2D eigenvalue weighted by Gasteiger charge is -2.49. The molecule has 6 aliphatic heterocycles. The Hall–Kier alpha value is -11.5. The van der Waals surface area contributed by atoms with Crippen LogP contribution < -0.4 is 9.47 Å². The SMILES string of the molecule is O=C1OC2C(c3c(O)cc(O)c4c3OC(c3ccc(O)c(O)c3)C(O)C4)C3=C1C1c4c(cc(O)c(O)c4OC1(O)C(O)(O)C3=O)C(=O)OC2C1OC(=O)c2cc(O)c(O)c(O)c2-c2c(cc(O)c(O)c2O)C(=O)OCC1OC(=O)c1cc(O)c(O)c(O)c1. The first-order valence-corrected chi connectivity index (χ1v) is 25.4. The van der Waals surface area contributed by atoms with Crippen LogP contribution in [-0.2, 0) is 39.7 Å². The van der Waals surface area contributed by atoms with Gasteiger partial charge in [0.25, 0.3) is 11.6 Å². The van der Waals surface area contributed by atoms with Gasteiger partial charge < -0.3 is 130 Å². The Balaban J connectivity index is 1.17. The molecule has 6 heterocycles. The number of aliphatic hydroxyl groups is 4. The van der Waals surface area contributed by atoms with E-state index in [-0.39, 0.29) is 11.6 Å². The van der Waals surface area contributed by atoms with E-state index in [1.807, 2.05) is 0 Å². The molecular weight excluding hydrogens is 1180 g/mol. The molecule has 9 atom stereocenters. The minimum absolute atomic E-state index is 0.167. The fourth-order valence-electron chi connectivity index (χ4n) is 11.8. The van der Waals surface area contributed by atoms with Crippen LogP contribution in [0.4, 0.5) is 0 Å². The zero-order chi connectivity index (χ0) is 63.6. The van der Waals surface area contributed by atoms with Crippen LogP contribution in [0.15, 0.2) is 65.7 Å². The molecular formula is C56H40O32. The van der Waals surface area contributed by atoms with Crippen LogP contribution in [0.1, 0.15) is 81.6 Å². The number of aromatic hydroxyl groups is 15. The highest BCUT2D eigenvalue weighted by molar-refractivity contribution is 6.14. The van der Waals surface area contributed by atoms with Crippen molar-refractivity contribution in [2.45, 2.75) is 66.5 Å². The number of carbonyl (C=O) groups excluding carboxylic acids is 6. The predicted octanol–water partition coefficient (Wildman–Crippen LogP) is 0.569. The molecule has 19 N–H and O–H groups in total. The highest BCUT2D eigenvalue weighted by Gasteiger charge is 2.75. The molecule has 0 radical (unpaired) electrons. The number of rotatable bonds is 5. The van der Waals surface area contributed by atoms with Gasteiger partial charge in [-0.05, 0) is 48.0 Å². The number of aliphatic hydroxyl groups excluding tert-OH is 1. The number of fused-ring (bicyclic) bond motifs is 7. The lowest BCUT2D eigenvalue weighted by molar-refractivity contribution is -0.324. The smallest absolute Gasteiger partial charge is 0.339 e. The van der Waals surface area contributed by atoms with Gasteiger partial charge in [0.05, 0.1) is 45.8 Å². The van der Waals surface area contributed by atoms with Crippen molar-refractivity contribution in [3.8, 4) is 109 Å². The molecule has 0 aromatic heterocycles. The number of hydrogen-bond acceptors (Lipinski definition) is 32. The number of hydrogen-bond donors (Lipinski definition) is 19. The highest BCUT2D eigenvalue weighted by Crippen LogP contribution is 2.65. The van der Waals surface area contributed by atoms with E-state index in [0.29, 0.717) is 30.3 Å². The van der Waals surface area contributed by atoms with Gasteiger partial charge in [-0.2, -0.15) is 0 Å². The van der Waals surface area contributed by atoms with Gasteiger partial charge in [0.15, 0.2) is 87.7 Å². The number of ketones is 1. The normalized spacial score (nSPS) is 24.8. The first-order valence-electron chi connectivity index (χ1n) is 25.4. The third kappa shape index (κ3) is 7.99. The molecule has 0 saturated carbocycles. The number of ether oxygens (including phenoxy) is 7. The van der Waals surface area contributed by atoms with Gasteiger partial charge in [-0.1, -0.05) is 6.07 Å². The van der Waals surface area contributed by atoms with Crippen molar-refractivity contribution in [1.82, 2.24) is 0 Å². The molecule has 0 amide bonds. The van der Waals surface area contributed by atoms with Crippen molar-refractivity contribution >= 4 is 35.6 Å². The van der Waals surface area contributed by atoms with Gasteiger partial charge in [0, 0.05) is 45.9 Å². The monoisotopic (exact) mass is 1220 g/mol. The Labute approximate surface area is 485 Å². The summed E-state index contributed by atoms with van der Waals surface area (Å²) in [7, 11) is 0. The molecule has 1 aliphatic carbocycles. The first-order chi connectivity index (χ1) is 41.4. The van der Waals surface area contributed by atoms with E-state index in [0.717, 1.165) is 18.2 Å². The van der Waals surface area contributed by atoms with Crippen LogP contribution >= 0.6 is 0 Å². The van der Waals surface area contributed by atoms with Crippen molar-refractivity contribution < 1.29 is 159 Å². The van der Waals surface area contributed by atoms with E-state index in [2.05, 4.69) is 0 Å². The molecule has 0 fully saturated rings. The summed E-state index contributed by atoms with van der Waals surface area (Å²) in [4.78, 5) is 90.4. The second-order valence-electron chi connectivity index (χ2n) is 20.8. The Bertz CT molecular complexity index is 4210. The maximum absolute atomic E-state index is 15.4.